The Morgan fingerprint density at radius 1 is 1.47 bits per heavy atom. The molecule has 0 amide bonds. The van der Waals surface area contributed by atoms with Gasteiger partial charge in [0, 0.05) is 17.9 Å². The Bertz CT molecular complexity index is 317. The zero-order chi connectivity index (χ0) is 11.3. The van der Waals surface area contributed by atoms with Crippen LogP contribution in [0.25, 0.3) is 0 Å². The fraction of sp³-hybridized carbons (Fsp3) is 0.455. The van der Waals surface area contributed by atoms with E-state index in [0.717, 1.165) is 23.9 Å². The molecule has 0 heterocycles. The van der Waals surface area contributed by atoms with Crippen molar-refractivity contribution >= 4 is 31.9 Å². The molecular weight excluding hydrogens is 325 g/mol. The molecule has 0 saturated heterocycles. The quantitative estimate of drug-likeness (QED) is 0.804. The maximum absolute atomic E-state index is 12.9. The molecule has 0 bridgehead atoms. The van der Waals surface area contributed by atoms with Gasteiger partial charge in [-0.2, -0.15) is 0 Å². The molecule has 1 nitrogen and oxygen atoms in total. The maximum atomic E-state index is 12.9. The minimum atomic E-state index is -0.216. The molecule has 1 aromatic carbocycles. The van der Waals surface area contributed by atoms with E-state index in [9.17, 15) is 4.39 Å². The molecule has 0 fully saturated rings. The van der Waals surface area contributed by atoms with E-state index in [2.05, 4.69) is 44.1 Å². The van der Waals surface area contributed by atoms with Crippen LogP contribution in [-0.4, -0.2) is 11.4 Å². The van der Waals surface area contributed by atoms with Crippen LogP contribution >= 0.6 is 31.9 Å². The van der Waals surface area contributed by atoms with Crippen LogP contribution in [0.4, 0.5) is 4.39 Å². The van der Waals surface area contributed by atoms with E-state index < -0.39 is 0 Å². The highest BCUT2D eigenvalue weighted by atomic mass is 79.9. The summed E-state index contributed by atoms with van der Waals surface area (Å²) in [7, 11) is 0. The van der Waals surface area contributed by atoms with Gasteiger partial charge in [-0.25, -0.2) is 4.39 Å². The molecular formula is C11H14Br2FN. The summed E-state index contributed by atoms with van der Waals surface area (Å²) >= 11 is 6.57. The van der Waals surface area contributed by atoms with Crippen LogP contribution < -0.4 is 5.32 Å². The van der Waals surface area contributed by atoms with Crippen LogP contribution in [-0.2, 0) is 6.54 Å². The third-order valence-corrected chi connectivity index (χ3v) is 3.25. The van der Waals surface area contributed by atoms with Gasteiger partial charge < -0.3 is 5.32 Å². The van der Waals surface area contributed by atoms with E-state index in [4.69, 9.17) is 0 Å². The van der Waals surface area contributed by atoms with Gasteiger partial charge in [0.2, 0.25) is 0 Å². The molecule has 1 rings (SSSR count). The SMILES string of the molecule is CC(CCBr)NCc1ccc(F)c(Br)c1. The Kier molecular flexibility index (Phi) is 5.79. The van der Waals surface area contributed by atoms with E-state index in [0.29, 0.717) is 10.5 Å². The first-order valence-corrected chi connectivity index (χ1v) is 6.78. The van der Waals surface area contributed by atoms with Crippen LogP contribution in [0.15, 0.2) is 22.7 Å². The molecule has 0 spiro atoms. The van der Waals surface area contributed by atoms with Crippen molar-refractivity contribution in [1.29, 1.82) is 0 Å². The van der Waals surface area contributed by atoms with Crippen molar-refractivity contribution in [2.75, 3.05) is 5.33 Å². The lowest BCUT2D eigenvalue weighted by Gasteiger charge is -2.12. The number of hydrogen-bond acceptors (Lipinski definition) is 1. The Balaban J connectivity index is 2.47. The molecule has 1 atom stereocenters. The number of halogens is 3. The van der Waals surface area contributed by atoms with Crippen LogP contribution in [0.2, 0.25) is 0 Å². The molecule has 0 aliphatic carbocycles. The number of nitrogens with one attached hydrogen (secondary N) is 1. The lowest BCUT2D eigenvalue weighted by Crippen LogP contribution is -2.25. The van der Waals surface area contributed by atoms with Gasteiger partial charge in [0.25, 0.3) is 0 Å². The zero-order valence-corrected chi connectivity index (χ0v) is 11.7. The van der Waals surface area contributed by atoms with Gasteiger partial charge in [-0.3, -0.25) is 0 Å². The molecule has 0 saturated carbocycles. The minimum Gasteiger partial charge on any atom is -0.310 e. The van der Waals surface area contributed by atoms with Gasteiger partial charge in [-0.1, -0.05) is 22.0 Å². The minimum absolute atomic E-state index is 0.216. The highest BCUT2D eigenvalue weighted by molar-refractivity contribution is 9.10. The van der Waals surface area contributed by atoms with Crippen molar-refractivity contribution in [3.05, 3.63) is 34.1 Å². The van der Waals surface area contributed by atoms with Crippen molar-refractivity contribution < 1.29 is 4.39 Å². The highest BCUT2D eigenvalue weighted by Gasteiger charge is 2.03. The molecule has 1 unspecified atom stereocenters. The third-order valence-electron chi connectivity index (χ3n) is 2.18. The highest BCUT2D eigenvalue weighted by Crippen LogP contribution is 2.16. The molecule has 15 heavy (non-hydrogen) atoms. The summed E-state index contributed by atoms with van der Waals surface area (Å²) in [6, 6.07) is 5.56. The molecule has 0 aromatic heterocycles. The van der Waals surface area contributed by atoms with Gasteiger partial charge >= 0.3 is 0 Å². The number of alkyl halides is 1. The molecule has 84 valence electrons. The molecule has 0 aliphatic heterocycles. The monoisotopic (exact) mass is 337 g/mol. The van der Waals surface area contributed by atoms with E-state index in [1.807, 2.05) is 6.07 Å². The Labute approximate surface area is 107 Å². The average molecular weight is 339 g/mol. The van der Waals surface area contributed by atoms with Crippen LogP contribution in [0.1, 0.15) is 18.9 Å². The van der Waals surface area contributed by atoms with E-state index in [1.165, 1.54) is 6.07 Å². The topological polar surface area (TPSA) is 12.0 Å². The predicted octanol–water partition coefficient (Wildman–Crippen LogP) is 3.85. The Hall–Kier alpha value is 0.0700. The second-order valence-electron chi connectivity index (χ2n) is 3.51. The molecule has 1 N–H and O–H groups in total. The zero-order valence-electron chi connectivity index (χ0n) is 8.56. The van der Waals surface area contributed by atoms with Crippen LogP contribution in [0.5, 0.6) is 0 Å². The Morgan fingerprint density at radius 2 is 2.20 bits per heavy atom. The van der Waals surface area contributed by atoms with Crippen LogP contribution in [0.3, 0.4) is 0 Å². The van der Waals surface area contributed by atoms with Crippen LogP contribution in [0, 0.1) is 5.82 Å². The number of benzene rings is 1. The molecule has 0 radical (unpaired) electrons. The summed E-state index contributed by atoms with van der Waals surface area (Å²) in [5.41, 5.74) is 1.09. The lowest BCUT2D eigenvalue weighted by atomic mass is 10.2. The second-order valence-corrected chi connectivity index (χ2v) is 5.16. The van der Waals surface area contributed by atoms with E-state index in [1.54, 1.807) is 6.07 Å². The Morgan fingerprint density at radius 3 is 2.80 bits per heavy atom. The molecule has 4 heteroatoms. The lowest BCUT2D eigenvalue weighted by molar-refractivity contribution is 0.537. The van der Waals surface area contributed by atoms with Gasteiger partial charge in [0.05, 0.1) is 4.47 Å². The second kappa shape index (κ2) is 6.61. The maximum Gasteiger partial charge on any atom is 0.137 e. The fourth-order valence-corrected chi connectivity index (χ4v) is 2.32. The summed E-state index contributed by atoms with van der Waals surface area (Å²) in [6.07, 6.45) is 1.09. The largest absolute Gasteiger partial charge is 0.310 e. The van der Waals surface area contributed by atoms with Crippen molar-refractivity contribution in [3.8, 4) is 0 Å². The van der Waals surface area contributed by atoms with E-state index in [-0.39, 0.29) is 5.82 Å². The van der Waals surface area contributed by atoms with Gasteiger partial charge in [-0.05, 0) is 47.0 Å². The number of hydrogen-bond donors (Lipinski definition) is 1. The summed E-state index contributed by atoms with van der Waals surface area (Å²) in [4.78, 5) is 0. The predicted molar refractivity (Wildman–Crippen MR) is 68.8 cm³/mol. The summed E-state index contributed by atoms with van der Waals surface area (Å²) in [5, 5.41) is 4.37. The van der Waals surface area contributed by atoms with Crippen molar-refractivity contribution in [2.24, 2.45) is 0 Å². The van der Waals surface area contributed by atoms with Gasteiger partial charge in [0.15, 0.2) is 0 Å². The summed E-state index contributed by atoms with van der Waals surface area (Å²) < 4.78 is 13.5. The summed E-state index contributed by atoms with van der Waals surface area (Å²) in [5.74, 6) is -0.216. The summed E-state index contributed by atoms with van der Waals surface area (Å²) in [6.45, 7) is 2.91. The van der Waals surface area contributed by atoms with E-state index >= 15 is 0 Å². The first-order chi connectivity index (χ1) is 7.13. The standard InChI is InChI=1S/C11H14Br2FN/c1-8(4-5-12)15-7-9-2-3-11(14)10(13)6-9/h2-3,6,8,15H,4-5,7H2,1H3. The molecule has 1 aromatic rings. The van der Waals surface area contributed by atoms with Crippen molar-refractivity contribution in [2.45, 2.75) is 25.9 Å². The van der Waals surface area contributed by atoms with Crippen molar-refractivity contribution in [3.63, 3.8) is 0 Å². The first kappa shape index (κ1) is 13.1. The normalized spacial score (nSPS) is 12.8. The fourth-order valence-electron chi connectivity index (χ4n) is 1.21. The average Bonchev–Trinajstić information content (AvgIpc) is 2.20. The van der Waals surface area contributed by atoms with Gasteiger partial charge in [0.1, 0.15) is 5.82 Å². The van der Waals surface area contributed by atoms with Gasteiger partial charge in [-0.15, -0.1) is 0 Å². The smallest absolute Gasteiger partial charge is 0.137 e. The number of rotatable bonds is 5. The molecule has 0 aliphatic rings. The third kappa shape index (κ3) is 4.62. The van der Waals surface area contributed by atoms with Crippen molar-refractivity contribution in [1.82, 2.24) is 5.32 Å². The first-order valence-electron chi connectivity index (χ1n) is 4.86.